The first kappa shape index (κ1) is 20.2. The first-order valence-corrected chi connectivity index (χ1v) is 9.10. The molecule has 29 heavy (non-hydrogen) atoms. The van der Waals surface area contributed by atoms with Crippen molar-refractivity contribution in [2.45, 2.75) is 25.9 Å². The highest BCUT2D eigenvalue weighted by Gasteiger charge is 2.21. The summed E-state index contributed by atoms with van der Waals surface area (Å²) in [6.45, 7) is 1.63. The van der Waals surface area contributed by atoms with E-state index in [1.807, 2.05) is 30.3 Å². The van der Waals surface area contributed by atoms with Crippen molar-refractivity contribution in [3.63, 3.8) is 0 Å². The molecule has 0 saturated heterocycles. The largest absolute Gasteiger partial charge is 0.483 e. The number of amidine groups is 1. The average Bonchev–Trinajstić information content (AvgIpc) is 3.16. The van der Waals surface area contributed by atoms with Gasteiger partial charge in [0.2, 0.25) is 0 Å². The third-order valence-corrected chi connectivity index (χ3v) is 4.02. The molecule has 152 valence electrons. The zero-order valence-corrected chi connectivity index (χ0v) is 15.9. The van der Waals surface area contributed by atoms with E-state index in [4.69, 9.17) is 14.6 Å². The fraction of sp³-hybridized carbons (Fsp3) is 0.250. The van der Waals surface area contributed by atoms with Gasteiger partial charge >= 0.3 is 5.97 Å². The van der Waals surface area contributed by atoms with Crippen molar-refractivity contribution in [3.8, 4) is 17.2 Å². The number of carboxylic acids is 1. The molecular formula is C20H22N4O5. The number of Topliss-reactive ketones (excluding diaryl/α,β-unsaturated/α-hetero) is 1. The van der Waals surface area contributed by atoms with Crippen LogP contribution in [0.25, 0.3) is 0 Å². The molecule has 9 nitrogen and oxygen atoms in total. The number of carbonyl (C=O) groups is 2. The Balaban J connectivity index is 1.47. The van der Waals surface area contributed by atoms with E-state index in [1.165, 1.54) is 5.12 Å². The average molecular weight is 398 g/mol. The van der Waals surface area contributed by atoms with Crippen molar-refractivity contribution in [3.05, 3.63) is 54.6 Å². The molecule has 0 radical (unpaired) electrons. The van der Waals surface area contributed by atoms with Gasteiger partial charge in [0.05, 0.1) is 6.42 Å². The summed E-state index contributed by atoms with van der Waals surface area (Å²) in [5, 5.41) is 14.1. The van der Waals surface area contributed by atoms with Gasteiger partial charge in [-0.3, -0.25) is 15.0 Å². The van der Waals surface area contributed by atoms with Crippen molar-refractivity contribution >= 4 is 17.6 Å². The monoisotopic (exact) mass is 398 g/mol. The molecule has 2 aromatic carbocycles. The van der Waals surface area contributed by atoms with E-state index in [2.05, 4.69) is 16.1 Å². The number of carboxylic acid groups (broad SMARTS) is 1. The zero-order chi connectivity index (χ0) is 20.6. The van der Waals surface area contributed by atoms with Crippen LogP contribution in [-0.2, 0) is 9.59 Å². The second-order valence-corrected chi connectivity index (χ2v) is 6.35. The minimum Gasteiger partial charge on any atom is -0.483 e. The first-order valence-electron chi connectivity index (χ1n) is 9.10. The van der Waals surface area contributed by atoms with Crippen LogP contribution < -0.4 is 20.4 Å². The second kappa shape index (κ2) is 9.56. The summed E-state index contributed by atoms with van der Waals surface area (Å²) in [5.74, 6) is 1.31. The Morgan fingerprint density at radius 2 is 1.72 bits per heavy atom. The van der Waals surface area contributed by atoms with Crippen LogP contribution in [0.5, 0.6) is 17.2 Å². The van der Waals surface area contributed by atoms with Crippen LogP contribution in [0.15, 0.2) is 59.7 Å². The van der Waals surface area contributed by atoms with Crippen molar-refractivity contribution in [2.24, 2.45) is 5.10 Å². The number of hydrogen-bond acceptors (Lipinski definition) is 8. The van der Waals surface area contributed by atoms with Crippen molar-refractivity contribution < 1.29 is 24.2 Å². The summed E-state index contributed by atoms with van der Waals surface area (Å²) in [4.78, 5) is 23.0. The Hall–Kier alpha value is -3.59. The van der Waals surface area contributed by atoms with Crippen molar-refractivity contribution in [1.82, 2.24) is 16.1 Å². The molecule has 0 aromatic heterocycles. The maximum Gasteiger partial charge on any atom is 0.303 e. The Morgan fingerprint density at radius 1 is 1.07 bits per heavy atom. The molecule has 0 bridgehead atoms. The number of nitrogens with one attached hydrogen (secondary N) is 2. The molecule has 1 unspecified atom stereocenters. The lowest BCUT2D eigenvalue weighted by Crippen LogP contribution is -2.43. The Bertz CT molecular complexity index is 870. The van der Waals surface area contributed by atoms with Crippen LogP contribution in [-0.4, -0.2) is 40.5 Å². The molecule has 0 saturated carbocycles. The summed E-state index contributed by atoms with van der Waals surface area (Å²) >= 11 is 0. The number of ether oxygens (including phenoxy) is 2. The molecule has 3 rings (SSSR count). The summed E-state index contributed by atoms with van der Waals surface area (Å²) in [7, 11) is 0. The number of carbonyl (C=O) groups excluding carboxylic acids is 1. The lowest BCUT2D eigenvalue weighted by Gasteiger charge is -2.17. The summed E-state index contributed by atoms with van der Waals surface area (Å²) in [6.07, 6.45) is -0.481. The number of hydrogen-bond donors (Lipinski definition) is 3. The van der Waals surface area contributed by atoms with Crippen LogP contribution >= 0.6 is 0 Å². The van der Waals surface area contributed by atoms with Gasteiger partial charge in [-0.05, 0) is 43.3 Å². The third-order valence-electron chi connectivity index (χ3n) is 4.02. The minimum absolute atomic E-state index is 0.0278. The molecule has 9 heteroatoms. The molecule has 1 aliphatic rings. The number of hydrazone groups is 1. The summed E-state index contributed by atoms with van der Waals surface area (Å²) < 4.78 is 11.4. The standard InChI is InChI=1S/C20H22N4O5/c1-14(18(25)13-24-22-19(21-23-24)11-12-20(26)27)28-16-7-9-17(10-8-16)29-15-5-3-2-4-6-15/h2-10,14,23H,11-13H2,1H3,(H,21,22)(H,26,27). The molecule has 3 N–H and O–H groups in total. The van der Waals surface area contributed by atoms with Gasteiger partial charge in [-0.1, -0.05) is 18.2 Å². The Labute approximate surface area is 167 Å². The molecule has 0 amide bonds. The minimum atomic E-state index is -0.911. The van der Waals surface area contributed by atoms with Gasteiger partial charge in [-0.15, -0.1) is 10.6 Å². The number of hydrazine groups is 2. The lowest BCUT2D eigenvalue weighted by atomic mass is 10.2. The highest BCUT2D eigenvalue weighted by atomic mass is 16.5. The number of ketones is 1. The number of benzene rings is 2. The van der Waals surface area contributed by atoms with E-state index in [0.717, 1.165) is 5.75 Å². The summed E-state index contributed by atoms with van der Waals surface area (Å²) in [6, 6.07) is 16.4. The van der Waals surface area contributed by atoms with E-state index in [1.54, 1.807) is 31.2 Å². The quantitative estimate of drug-likeness (QED) is 0.559. The molecule has 1 atom stereocenters. The van der Waals surface area contributed by atoms with Gasteiger partial charge in [0.15, 0.2) is 11.9 Å². The number of aliphatic carboxylic acids is 1. The Morgan fingerprint density at radius 3 is 2.41 bits per heavy atom. The van der Waals surface area contributed by atoms with Crippen molar-refractivity contribution in [2.75, 3.05) is 6.54 Å². The third kappa shape index (κ3) is 6.22. The van der Waals surface area contributed by atoms with Gasteiger partial charge in [-0.2, -0.15) is 0 Å². The molecule has 2 aromatic rings. The maximum atomic E-state index is 12.4. The first-order chi connectivity index (χ1) is 14.0. The van der Waals surface area contributed by atoms with Gasteiger partial charge < -0.3 is 14.6 Å². The summed E-state index contributed by atoms with van der Waals surface area (Å²) in [5.41, 5.74) is 5.44. The van der Waals surface area contributed by atoms with E-state index in [0.29, 0.717) is 17.3 Å². The lowest BCUT2D eigenvalue weighted by molar-refractivity contribution is -0.136. The van der Waals surface area contributed by atoms with E-state index < -0.39 is 12.1 Å². The van der Waals surface area contributed by atoms with Gasteiger partial charge in [-0.25, -0.2) is 5.12 Å². The zero-order valence-electron chi connectivity index (χ0n) is 15.9. The van der Waals surface area contributed by atoms with Crippen molar-refractivity contribution in [1.29, 1.82) is 0 Å². The molecule has 0 spiro atoms. The van der Waals surface area contributed by atoms with E-state index in [9.17, 15) is 9.59 Å². The smallest absolute Gasteiger partial charge is 0.303 e. The van der Waals surface area contributed by atoms with Gasteiger partial charge in [0.25, 0.3) is 0 Å². The van der Waals surface area contributed by atoms with E-state index in [-0.39, 0.29) is 25.2 Å². The maximum absolute atomic E-state index is 12.4. The van der Waals surface area contributed by atoms with Gasteiger partial charge in [0, 0.05) is 6.42 Å². The topological polar surface area (TPSA) is 112 Å². The fourth-order valence-electron chi connectivity index (χ4n) is 2.49. The van der Waals surface area contributed by atoms with Crippen LogP contribution in [0.2, 0.25) is 0 Å². The fourth-order valence-corrected chi connectivity index (χ4v) is 2.49. The predicted molar refractivity (Wildman–Crippen MR) is 105 cm³/mol. The normalized spacial score (nSPS) is 14.0. The molecule has 0 aliphatic carbocycles. The SMILES string of the molecule is CC(Oc1ccc(Oc2ccccc2)cc1)C(=O)CN1N=C(CCC(=O)O)NN1. The number of para-hydroxylation sites is 1. The second-order valence-electron chi connectivity index (χ2n) is 6.35. The molecule has 0 fully saturated rings. The van der Waals surface area contributed by atoms with E-state index >= 15 is 0 Å². The molecule has 1 heterocycles. The van der Waals surface area contributed by atoms with Crippen LogP contribution in [0, 0.1) is 0 Å². The highest BCUT2D eigenvalue weighted by molar-refractivity contribution is 5.87. The number of nitrogens with zero attached hydrogens (tertiary/aromatic N) is 2. The molecular weight excluding hydrogens is 376 g/mol. The molecule has 1 aliphatic heterocycles. The van der Waals surface area contributed by atoms with Gasteiger partial charge in [0.1, 0.15) is 29.6 Å². The number of rotatable bonds is 10. The van der Waals surface area contributed by atoms with Crippen LogP contribution in [0.3, 0.4) is 0 Å². The van der Waals surface area contributed by atoms with Crippen LogP contribution in [0.1, 0.15) is 19.8 Å². The predicted octanol–water partition coefficient (Wildman–Crippen LogP) is 2.32. The highest BCUT2D eigenvalue weighted by Crippen LogP contribution is 2.24. The Kier molecular flexibility index (Phi) is 6.64. The van der Waals surface area contributed by atoms with Crippen LogP contribution in [0.4, 0.5) is 0 Å².